The molecule has 1 aliphatic rings. The number of carbonyl (C=O) groups excluding carboxylic acids is 3. The highest BCUT2D eigenvalue weighted by Gasteiger charge is 2.31. The second kappa shape index (κ2) is 7.99. The highest BCUT2D eigenvalue weighted by atomic mass is 19.1. The quantitative estimate of drug-likeness (QED) is 0.683. The normalized spacial score (nSPS) is 17.2. The zero-order chi connectivity index (χ0) is 19.4. The first-order valence-corrected chi connectivity index (χ1v) is 8.66. The minimum atomic E-state index is -0.817. The van der Waals surface area contributed by atoms with Crippen molar-refractivity contribution in [3.05, 3.63) is 59.9 Å². The van der Waals surface area contributed by atoms with Crippen LogP contribution in [0.4, 0.5) is 9.18 Å². The average molecular weight is 369 g/mol. The van der Waals surface area contributed by atoms with Crippen LogP contribution in [-0.4, -0.2) is 30.4 Å². The zero-order valence-electron chi connectivity index (χ0n) is 14.8. The van der Waals surface area contributed by atoms with Crippen LogP contribution in [-0.2, 0) is 9.59 Å². The van der Waals surface area contributed by atoms with Crippen LogP contribution in [0.1, 0.15) is 24.8 Å². The maximum Gasteiger partial charge on any atom is 0.322 e. The Morgan fingerprint density at radius 3 is 2.22 bits per heavy atom. The lowest BCUT2D eigenvalue weighted by Gasteiger charge is -2.15. The lowest BCUT2D eigenvalue weighted by Crippen LogP contribution is -2.37. The van der Waals surface area contributed by atoms with Gasteiger partial charge in [-0.1, -0.05) is 43.3 Å². The van der Waals surface area contributed by atoms with Crippen molar-refractivity contribution in [3.63, 3.8) is 0 Å². The van der Waals surface area contributed by atoms with E-state index in [9.17, 15) is 18.8 Å². The number of urea groups is 1. The molecular weight excluding hydrogens is 349 g/mol. The summed E-state index contributed by atoms with van der Waals surface area (Å²) in [7, 11) is 0. The molecule has 3 rings (SSSR count). The van der Waals surface area contributed by atoms with Crippen molar-refractivity contribution >= 4 is 17.8 Å². The Bertz CT molecular complexity index is 850. The van der Waals surface area contributed by atoms with E-state index in [1.807, 2.05) is 31.2 Å². The number of imide groups is 1. The maximum atomic E-state index is 13.0. The highest BCUT2D eigenvalue weighted by Crippen LogP contribution is 2.23. The first kappa shape index (κ1) is 18.6. The van der Waals surface area contributed by atoms with Gasteiger partial charge in [0, 0.05) is 6.54 Å². The van der Waals surface area contributed by atoms with Crippen LogP contribution < -0.4 is 16.0 Å². The topological polar surface area (TPSA) is 87.3 Å². The Morgan fingerprint density at radius 1 is 1.07 bits per heavy atom. The fourth-order valence-electron chi connectivity index (χ4n) is 2.89. The standard InChI is InChI=1S/C20H20FN3O3/c1-12(11-22-18(25)10-17-19(26)24-20(27)23-17)13-2-4-14(5-3-13)15-6-8-16(21)9-7-15/h2-9,12,17H,10-11H2,1H3,(H,22,25)(H2,23,24,26,27). The Morgan fingerprint density at radius 2 is 1.67 bits per heavy atom. The van der Waals surface area contributed by atoms with E-state index in [0.29, 0.717) is 6.54 Å². The monoisotopic (exact) mass is 369 g/mol. The Labute approximate surface area is 156 Å². The summed E-state index contributed by atoms with van der Waals surface area (Å²) >= 11 is 0. The van der Waals surface area contributed by atoms with Crippen molar-refractivity contribution in [2.45, 2.75) is 25.3 Å². The minimum Gasteiger partial charge on any atom is -0.355 e. The number of rotatable bonds is 6. The SMILES string of the molecule is CC(CNC(=O)CC1NC(=O)NC1=O)c1ccc(-c2ccc(F)cc2)cc1. The van der Waals surface area contributed by atoms with Crippen molar-refractivity contribution in [2.24, 2.45) is 0 Å². The molecule has 2 atom stereocenters. The van der Waals surface area contributed by atoms with Gasteiger partial charge in [-0.2, -0.15) is 0 Å². The Balaban J connectivity index is 1.52. The van der Waals surface area contributed by atoms with E-state index in [-0.39, 0.29) is 24.1 Å². The molecule has 0 spiro atoms. The highest BCUT2D eigenvalue weighted by molar-refractivity contribution is 6.05. The summed E-state index contributed by atoms with van der Waals surface area (Å²) in [5.41, 5.74) is 2.96. The molecule has 1 saturated heterocycles. The molecule has 0 bridgehead atoms. The summed E-state index contributed by atoms with van der Waals surface area (Å²) in [5, 5.41) is 7.27. The largest absolute Gasteiger partial charge is 0.355 e. The average Bonchev–Trinajstić information content (AvgIpc) is 2.97. The summed E-state index contributed by atoms with van der Waals surface area (Å²) in [5.74, 6) is -0.982. The predicted octanol–water partition coefficient (Wildman–Crippen LogP) is 2.31. The molecule has 1 fully saturated rings. The van der Waals surface area contributed by atoms with Crippen LogP contribution in [0, 0.1) is 5.82 Å². The molecule has 2 unspecified atom stereocenters. The van der Waals surface area contributed by atoms with Crippen molar-refractivity contribution in [3.8, 4) is 11.1 Å². The second-order valence-corrected chi connectivity index (χ2v) is 6.55. The lowest BCUT2D eigenvalue weighted by molar-refractivity contribution is -0.126. The molecule has 0 aliphatic carbocycles. The minimum absolute atomic E-state index is 0.0724. The number of carbonyl (C=O) groups is 3. The van der Waals surface area contributed by atoms with Gasteiger partial charge in [0.05, 0.1) is 6.42 Å². The van der Waals surface area contributed by atoms with Crippen LogP contribution in [0.15, 0.2) is 48.5 Å². The van der Waals surface area contributed by atoms with Crippen LogP contribution >= 0.6 is 0 Å². The molecule has 6 nitrogen and oxygen atoms in total. The number of benzene rings is 2. The molecule has 1 heterocycles. The Kier molecular flexibility index (Phi) is 5.49. The van der Waals surface area contributed by atoms with Crippen LogP contribution in [0.5, 0.6) is 0 Å². The fraction of sp³-hybridized carbons (Fsp3) is 0.250. The van der Waals surface area contributed by atoms with E-state index >= 15 is 0 Å². The van der Waals surface area contributed by atoms with E-state index in [0.717, 1.165) is 16.7 Å². The molecule has 2 aromatic rings. The van der Waals surface area contributed by atoms with Crippen LogP contribution in [0.3, 0.4) is 0 Å². The summed E-state index contributed by atoms with van der Waals surface area (Å²) in [4.78, 5) is 34.5. The third kappa shape index (κ3) is 4.69. The maximum absolute atomic E-state index is 13.0. The number of amides is 4. The molecule has 7 heteroatoms. The number of hydrogen-bond acceptors (Lipinski definition) is 3. The summed E-state index contributed by atoms with van der Waals surface area (Å²) in [6.07, 6.45) is -0.0895. The van der Waals surface area contributed by atoms with Crippen LogP contribution in [0.25, 0.3) is 11.1 Å². The molecule has 140 valence electrons. The van der Waals surface area contributed by atoms with E-state index < -0.39 is 18.0 Å². The first-order chi connectivity index (χ1) is 12.9. The number of hydrogen-bond donors (Lipinski definition) is 3. The summed E-state index contributed by atoms with van der Waals surface area (Å²) in [6.45, 7) is 2.40. The van der Waals surface area contributed by atoms with Gasteiger partial charge in [-0.25, -0.2) is 9.18 Å². The van der Waals surface area contributed by atoms with E-state index in [4.69, 9.17) is 0 Å². The zero-order valence-corrected chi connectivity index (χ0v) is 14.8. The third-order valence-electron chi connectivity index (χ3n) is 4.51. The molecule has 27 heavy (non-hydrogen) atoms. The van der Waals surface area contributed by atoms with Crippen molar-refractivity contribution in [1.82, 2.24) is 16.0 Å². The van der Waals surface area contributed by atoms with Crippen molar-refractivity contribution in [1.29, 1.82) is 0 Å². The molecule has 0 aromatic heterocycles. The van der Waals surface area contributed by atoms with Crippen molar-refractivity contribution < 1.29 is 18.8 Å². The summed E-state index contributed by atoms with van der Waals surface area (Å²) in [6, 6.07) is 12.8. The van der Waals surface area contributed by atoms with E-state index in [2.05, 4.69) is 16.0 Å². The second-order valence-electron chi connectivity index (χ2n) is 6.55. The number of halogens is 1. The van der Waals surface area contributed by atoms with Gasteiger partial charge in [-0.15, -0.1) is 0 Å². The summed E-state index contributed by atoms with van der Waals surface area (Å²) < 4.78 is 13.0. The van der Waals surface area contributed by atoms with Gasteiger partial charge in [-0.05, 0) is 34.7 Å². The molecule has 1 aliphatic heterocycles. The molecule has 4 amide bonds. The molecule has 0 radical (unpaired) electrons. The Hall–Kier alpha value is -3.22. The van der Waals surface area contributed by atoms with Crippen LogP contribution in [0.2, 0.25) is 0 Å². The van der Waals surface area contributed by atoms with Gasteiger partial charge in [0.2, 0.25) is 5.91 Å². The van der Waals surface area contributed by atoms with Gasteiger partial charge in [-0.3, -0.25) is 14.9 Å². The smallest absolute Gasteiger partial charge is 0.322 e. The first-order valence-electron chi connectivity index (χ1n) is 8.66. The van der Waals surface area contributed by atoms with Gasteiger partial charge < -0.3 is 10.6 Å². The third-order valence-corrected chi connectivity index (χ3v) is 4.51. The van der Waals surface area contributed by atoms with E-state index in [1.165, 1.54) is 12.1 Å². The van der Waals surface area contributed by atoms with Gasteiger partial charge in [0.1, 0.15) is 11.9 Å². The fourth-order valence-corrected chi connectivity index (χ4v) is 2.89. The van der Waals surface area contributed by atoms with Gasteiger partial charge in [0.25, 0.3) is 5.91 Å². The predicted molar refractivity (Wildman–Crippen MR) is 98.3 cm³/mol. The molecule has 2 aromatic carbocycles. The van der Waals surface area contributed by atoms with Gasteiger partial charge in [0.15, 0.2) is 0 Å². The number of nitrogens with one attached hydrogen (secondary N) is 3. The molecular formula is C20H20FN3O3. The van der Waals surface area contributed by atoms with Crippen molar-refractivity contribution in [2.75, 3.05) is 6.54 Å². The molecule has 3 N–H and O–H groups in total. The van der Waals surface area contributed by atoms with Gasteiger partial charge >= 0.3 is 6.03 Å². The van der Waals surface area contributed by atoms with E-state index in [1.54, 1.807) is 12.1 Å². The lowest BCUT2D eigenvalue weighted by atomic mass is 9.97. The molecule has 0 saturated carbocycles.